The van der Waals surface area contributed by atoms with Gasteiger partial charge >= 0.3 is 11.9 Å². The molecule has 1 rings (SSSR count). The summed E-state index contributed by atoms with van der Waals surface area (Å²) in [7, 11) is 0. The summed E-state index contributed by atoms with van der Waals surface area (Å²) in [4.78, 5) is 23.2. The fraction of sp³-hybridized carbons (Fsp3) is 0.688. The number of rotatable bonds is 7. The molecule has 1 heterocycles. The van der Waals surface area contributed by atoms with Gasteiger partial charge in [0.05, 0.1) is 12.0 Å². The van der Waals surface area contributed by atoms with Gasteiger partial charge < -0.3 is 9.84 Å². The standard InChI is InChI=1S/C16H26N2O4/c1-6-8-16(5,15(2,3)4)14(21)22-11-10-18-9-7-12(17-18)13(19)20/h7,9H,6,8,10-11H2,1-5H3,(H,19,20). The van der Waals surface area contributed by atoms with Crippen molar-refractivity contribution in [2.45, 2.75) is 54.0 Å². The van der Waals surface area contributed by atoms with Crippen molar-refractivity contribution in [3.05, 3.63) is 18.0 Å². The second-order valence-electron chi connectivity index (χ2n) is 6.74. The van der Waals surface area contributed by atoms with Crippen LogP contribution in [0.4, 0.5) is 0 Å². The van der Waals surface area contributed by atoms with Crippen molar-refractivity contribution >= 4 is 11.9 Å². The van der Waals surface area contributed by atoms with Crippen LogP contribution in [0.15, 0.2) is 12.3 Å². The van der Waals surface area contributed by atoms with Crippen LogP contribution >= 0.6 is 0 Å². The number of aromatic nitrogens is 2. The van der Waals surface area contributed by atoms with Gasteiger partial charge in [0, 0.05) is 6.20 Å². The number of carbonyl (C=O) groups excluding carboxylic acids is 1. The minimum atomic E-state index is -1.07. The third kappa shape index (κ3) is 4.08. The predicted octanol–water partition coefficient (Wildman–Crippen LogP) is 2.98. The molecule has 0 saturated carbocycles. The van der Waals surface area contributed by atoms with E-state index in [9.17, 15) is 9.59 Å². The van der Waals surface area contributed by atoms with Gasteiger partial charge in [0.1, 0.15) is 6.61 Å². The molecule has 1 N–H and O–H groups in total. The summed E-state index contributed by atoms with van der Waals surface area (Å²) < 4.78 is 6.88. The van der Waals surface area contributed by atoms with Crippen LogP contribution in [0.5, 0.6) is 0 Å². The first-order valence-electron chi connectivity index (χ1n) is 7.56. The molecule has 6 heteroatoms. The fourth-order valence-electron chi connectivity index (χ4n) is 2.27. The van der Waals surface area contributed by atoms with Crippen LogP contribution in [0.2, 0.25) is 0 Å². The van der Waals surface area contributed by atoms with Crippen LogP contribution in [0, 0.1) is 10.8 Å². The van der Waals surface area contributed by atoms with Gasteiger partial charge in [-0.1, -0.05) is 34.1 Å². The van der Waals surface area contributed by atoms with Crippen LogP contribution in [0.3, 0.4) is 0 Å². The van der Waals surface area contributed by atoms with Crippen molar-refractivity contribution < 1.29 is 19.4 Å². The van der Waals surface area contributed by atoms with E-state index in [1.807, 2.05) is 27.7 Å². The molecule has 0 fully saturated rings. The first kappa shape index (κ1) is 18.2. The number of ether oxygens (including phenoxy) is 1. The summed E-state index contributed by atoms with van der Waals surface area (Å²) in [5.41, 5.74) is -0.753. The maximum atomic E-state index is 12.5. The Kier molecular flexibility index (Phi) is 5.74. The largest absolute Gasteiger partial charge is 0.476 e. The fourth-order valence-corrected chi connectivity index (χ4v) is 2.27. The zero-order valence-corrected chi connectivity index (χ0v) is 14.0. The summed E-state index contributed by atoms with van der Waals surface area (Å²) in [6.45, 7) is 10.6. The van der Waals surface area contributed by atoms with E-state index in [1.54, 1.807) is 6.20 Å². The quantitative estimate of drug-likeness (QED) is 0.783. The van der Waals surface area contributed by atoms with E-state index in [2.05, 4.69) is 12.0 Å². The van der Waals surface area contributed by atoms with E-state index in [4.69, 9.17) is 9.84 Å². The predicted molar refractivity (Wildman–Crippen MR) is 82.6 cm³/mol. The highest BCUT2D eigenvalue weighted by Crippen LogP contribution is 2.43. The second kappa shape index (κ2) is 6.94. The SMILES string of the molecule is CCCC(C)(C(=O)OCCn1ccc(C(=O)O)n1)C(C)(C)C. The molecule has 0 radical (unpaired) electrons. The minimum Gasteiger partial charge on any atom is -0.476 e. The van der Waals surface area contributed by atoms with E-state index in [-0.39, 0.29) is 23.7 Å². The average molecular weight is 310 g/mol. The molecular formula is C16H26N2O4. The Morgan fingerprint density at radius 2 is 1.95 bits per heavy atom. The summed E-state index contributed by atoms with van der Waals surface area (Å²) in [6, 6.07) is 1.42. The molecule has 22 heavy (non-hydrogen) atoms. The van der Waals surface area contributed by atoms with Gasteiger partial charge in [-0.05, 0) is 24.8 Å². The molecule has 0 amide bonds. The lowest BCUT2D eigenvalue weighted by Gasteiger charge is -2.39. The van der Waals surface area contributed by atoms with Gasteiger partial charge in [-0.3, -0.25) is 9.48 Å². The van der Waals surface area contributed by atoms with Crippen molar-refractivity contribution in [3.8, 4) is 0 Å². The van der Waals surface area contributed by atoms with Crippen molar-refractivity contribution in [3.63, 3.8) is 0 Å². The molecule has 0 aliphatic rings. The molecule has 0 aliphatic carbocycles. The Labute approximate surface area is 131 Å². The topological polar surface area (TPSA) is 81.4 Å². The van der Waals surface area contributed by atoms with Gasteiger partial charge in [-0.25, -0.2) is 4.79 Å². The lowest BCUT2D eigenvalue weighted by atomic mass is 9.65. The molecule has 1 aromatic rings. The summed E-state index contributed by atoms with van der Waals surface area (Å²) in [6.07, 6.45) is 3.23. The van der Waals surface area contributed by atoms with E-state index < -0.39 is 11.4 Å². The number of carboxylic acids is 1. The maximum Gasteiger partial charge on any atom is 0.356 e. The first-order valence-corrected chi connectivity index (χ1v) is 7.56. The number of hydrogen-bond donors (Lipinski definition) is 1. The van der Waals surface area contributed by atoms with E-state index in [0.717, 1.165) is 12.8 Å². The zero-order chi connectivity index (χ0) is 17.0. The van der Waals surface area contributed by atoms with Crippen LogP contribution in [0.1, 0.15) is 57.9 Å². The lowest BCUT2D eigenvalue weighted by molar-refractivity contribution is -0.163. The second-order valence-corrected chi connectivity index (χ2v) is 6.74. The van der Waals surface area contributed by atoms with Crippen molar-refractivity contribution in [2.75, 3.05) is 6.61 Å². The van der Waals surface area contributed by atoms with E-state index >= 15 is 0 Å². The van der Waals surface area contributed by atoms with Gasteiger partial charge in [0.2, 0.25) is 0 Å². The van der Waals surface area contributed by atoms with Gasteiger partial charge in [-0.15, -0.1) is 0 Å². The molecule has 0 spiro atoms. The Morgan fingerprint density at radius 3 is 2.41 bits per heavy atom. The highest BCUT2D eigenvalue weighted by atomic mass is 16.5. The van der Waals surface area contributed by atoms with Crippen LogP contribution in [-0.2, 0) is 16.1 Å². The maximum absolute atomic E-state index is 12.5. The lowest BCUT2D eigenvalue weighted by Crippen LogP contribution is -2.42. The van der Waals surface area contributed by atoms with Crippen molar-refractivity contribution in [1.29, 1.82) is 0 Å². The monoisotopic (exact) mass is 310 g/mol. The molecule has 0 aliphatic heterocycles. The number of esters is 1. The molecule has 1 unspecified atom stereocenters. The van der Waals surface area contributed by atoms with Gasteiger partial charge in [0.25, 0.3) is 0 Å². The highest BCUT2D eigenvalue weighted by Gasteiger charge is 2.44. The third-order valence-electron chi connectivity index (χ3n) is 4.27. The summed E-state index contributed by atoms with van der Waals surface area (Å²) in [5.74, 6) is -1.29. The number of nitrogens with zero attached hydrogens (tertiary/aromatic N) is 2. The Hall–Kier alpha value is -1.85. The zero-order valence-electron chi connectivity index (χ0n) is 14.0. The average Bonchev–Trinajstić information content (AvgIpc) is 2.86. The molecule has 0 aromatic carbocycles. The van der Waals surface area contributed by atoms with Gasteiger partial charge in [0.15, 0.2) is 5.69 Å². The summed E-state index contributed by atoms with van der Waals surface area (Å²) in [5, 5.41) is 12.7. The van der Waals surface area contributed by atoms with E-state index in [0.29, 0.717) is 6.54 Å². The number of aromatic carboxylic acids is 1. The number of carbonyl (C=O) groups is 2. The molecule has 6 nitrogen and oxygen atoms in total. The first-order chi connectivity index (χ1) is 10.1. The normalized spacial score (nSPS) is 14.4. The third-order valence-corrected chi connectivity index (χ3v) is 4.27. The van der Waals surface area contributed by atoms with Gasteiger partial charge in [-0.2, -0.15) is 5.10 Å². The molecule has 1 atom stereocenters. The van der Waals surface area contributed by atoms with Crippen LogP contribution in [0.25, 0.3) is 0 Å². The van der Waals surface area contributed by atoms with Crippen molar-refractivity contribution in [2.24, 2.45) is 10.8 Å². The summed E-state index contributed by atoms with van der Waals surface area (Å²) >= 11 is 0. The molecular weight excluding hydrogens is 284 g/mol. The Bertz CT molecular complexity index is 530. The molecule has 0 saturated heterocycles. The molecule has 0 bridgehead atoms. The van der Waals surface area contributed by atoms with E-state index in [1.165, 1.54) is 10.7 Å². The Balaban J connectivity index is 2.62. The molecule has 124 valence electrons. The minimum absolute atomic E-state index is 0.0168. The highest BCUT2D eigenvalue weighted by molar-refractivity contribution is 5.85. The molecule has 1 aromatic heterocycles. The number of carboxylic acid groups (broad SMARTS) is 1. The smallest absolute Gasteiger partial charge is 0.356 e. The van der Waals surface area contributed by atoms with Crippen LogP contribution < -0.4 is 0 Å². The number of hydrogen-bond acceptors (Lipinski definition) is 4. The van der Waals surface area contributed by atoms with Crippen molar-refractivity contribution in [1.82, 2.24) is 9.78 Å². The van der Waals surface area contributed by atoms with Crippen LogP contribution in [-0.4, -0.2) is 33.4 Å². The Morgan fingerprint density at radius 1 is 1.32 bits per heavy atom.